The number of aryl methyl sites for hydroxylation is 1. The summed E-state index contributed by atoms with van der Waals surface area (Å²) < 4.78 is 0. The second-order valence-electron chi connectivity index (χ2n) is 4.03. The summed E-state index contributed by atoms with van der Waals surface area (Å²) in [7, 11) is 0. The molecule has 0 amide bonds. The summed E-state index contributed by atoms with van der Waals surface area (Å²) in [6.07, 6.45) is 2.20. The van der Waals surface area contributed by atoms with Crippen LogP contribution < -0.4 is 5.73 Å². The number of nitrogens with two attached hydrogens (primary N) is 1. The van der Waals surface area contributed by atoms with Gasteiger partial charge in [0.15, 0.2) is 0 Å². The molecule has 1 rings (SSSR count). The molecule has 1 aromatic carbocycles. The van der Waals surface area contributed by atoms with Crippen LogP contribution in [-0.4, -0.2) is 6.54 Å². The van der Waals surface area contributed by atoms with E-state index in [0.717, 1.165) is 13.0 Å². The van der Waals surface area contributed by atoms with Gasteiger partial charge in [-0.3, -0.25) is 0 Å². The van der Waals surface area contributed by atoms with Crippen molar-refractivity contribution in [2.45, 2.75) is 39.5 Å². The van der Waals surface area contributed by atoms with Crippen molar-refractivity contribution >= 4 is 0 Å². The first-order valence-corrected chi connectivity index (χ1v) is 5.48. The van der Waals surface area contributed by atoms with Crippen LogP contribution in [0.1, 0.15) is 42.9 Å². The van der Waals surface area contributed by atoms with Crippen molar-refractivity contribution in [3.63, 3.8) is 0 Å². The zero-order valence-corrected chi connectivity index (χ0v) is 9.51. The van der Waals surface area contributed by atoms with E-state index in [1.165, 1.54) is 23.1 Å². The highest BCUT2D eigenvalue weighted by Crippen LogP contribution is 2.21. The van der Waals surface area contributed by atoms with E-state index in [2.05, 4.69) is 39.0 Å². The van der Waals surface area contributed by atoms with E-state index in [4.69, 9.17) is 5.73 Å². The van der Waals surface area contributed by atoms with Gasteiger partial charge in [-0.25, -0.2) is 0 Å². The van der Waals surface area contributed by atoms with Gasteiger partial charge >= 0.3 is 0 Å². The minimum Gasteiger partial charge on any atom is -0.330 e. The predicted molar refractivity (Wildman–Crippen MR) is 62.6 cm³/mol. The van der Waals surface area contributed by atoms with Crippen LogP contribution in [0.25, 0.3) is 0 Å². The van der Waals surface area contributed by atoms with E-state index in [0.29, 0.717) is 5.92 Å². The molecule has 1 nitrogen and oxygen atoms in total. The molecular formula is C13H21N. The van der Waals surface area contributed by atoms with Gasteiger partial charge in [0.25, 0.3) is 0 Å². The summed E-state index contributed by atoms with van der Waals surface area (Å²) in [5.41, 5.74) is 9.81. The van der Waals surface area contributed by atoms with Gasteiger partial charge < -0.3 is 5.73 Å². The highest BCUT2D eigenvalue weighted by molar-refractivity contribution is 5.33. The highest BCUT2D eigenvalue weighted by Gasteiger charge is 2.05. The van der Waals surface area contributed by atoms with Gasteiger partial charge in [0, 0.05) is 0 Å². The van der Waals surface area contributed by atoms with Crippen LogP contribution >= 0.6 is 0 Å². The summed E-state index contributed by atoms with van der Waals surface area (Å²) in [6.45, 7) is 7.40. The molecule has 0 aliphatic carbocycles. The minimum absolute atomic E-state index is 0.659. The number of benzene rings is 1. The lowest BCUT2D eigenvalue weighted by molar-refractivity contribution is 0.731. The first-order chi connectivity index (χ1) is 6.69. The summed E-state index contributed by atoms with van der Waals surface area (Å²) in [5, 5.41) is 0. The molecular weight excluding hydrogens is 170 g/mol. The maximum atomic E-state index is 5.59. The van der Waals surface area contributed by atoms with E-state index in [9.17, 15) is 0 Å². The first-order valence-electron chi connectivity index (χ1n) is 5.48. The van der Waals surface area contributed by atoms with Crippen LogP contribution in [0.4, 0.5) is 0 Å². The molecule has 1 heteroatoms. The number of hydrogen-bond acceptors (Lipinski definition) is 1. The summed E-state index contributed by atoms with van der Waals surface area (Å²) >= 11 is 0. The summed E-state index contributed by atoms with van der Waals surface area (Å²) in [6, 6.07) is 6.77. The fourth-order valence-electron chi connectivity index (χ4n) is 1.66. The van der Waals surface area contributed by atoms with Crippen LogP contribution in [0, 0.1) is 6.92 Å². The molecule has 0 aliphatic heterocycles. The van der Waals surface area contributed by atoms with Crippen molar-refractivity contribution in [1.29, 1.82) is 0 Å². The molecule has 0 saturated carbocycles. The van der Waals surface area contributed by atoms with Gasteiger partial charge in [-0.15, -0.1) is 0 Å². The minimum atomic E-state index is 0.659. The predicted octanol–water partition coefficient (Wildman–Crippen LogP) is 3.01. The van der Waals surface area contributed by atoms with E-state index in [-0.39, 0.29) is 0 Å². The SMILES string of the molecule is CCC(C)c1ccc(C)c(CCN)c1. The largest absolute Gasteiger partial charge is 0.330 e. The quantitative estimate of drug-likeness (QED) is 0.778. The van der Waals surface area contributed by atoms with E-state index >= 15 is 0 Å². The molecule has 0 fully saturated rings. The topological polar surface area (TPSA) is 26.0 Å². The Hall–Kier alpha value is -0.820. The smallest absolute Gasteiger partial charge is 0.00366 e. The molecule has 0 aromatic heterocycles. The van der Waals surface area contributed by atoms with Crippen molar-refractivity contribution in [2.24, 2.45) is 5.73 Å². The van der Waals surface area contributed by atoms with Gasteiger partial charge in [-0.2, -0.15) is 0 Å². The van der Waals surface area contributed by atoms with E-state index < -0.39 is 0 Å². The number of rotatable bonds is 4. The normalized spacial score (nSPS) is 12.9. The Morgan fingerprint density at radius 3 is 2.64 bits per heavy atom. The molecule has 0 heterocycles. The van der Waals surface area contributed by atoms with E-state index in [1.54, 1.807) is 0 Å². The Kier molecular flexibility index (Phi) is 4.15. The van der Waals surface area contributed by atoms with Crippen molar-refractivity contribution in [1.82, 2.24) is 0 Å². The van der Waals surface area contributed by atoms with Crippen molar-refractivity contribution in [3.8, 4) is 0 Å². The zero-order chi connectivity index (χ0) is 10.6. The average molecular weight is 191 g/mol. The monoisotopic (exact) mass is 191 g/mol. The fraction of sp³-hybridized carbons (Fsp3) is 0.538. The van der Waals surface area contributed by atoms with Crippen LogP contribution in [0.5, 0.6) is 0 Å². The van der Waals surface area contributed by atoms with Crippen LogP contribution in [0.15, 0.2) is 18.2 Å². The molecule has 1 atom stereocenters. The third kappa shape index (κ3) is 2.58. The fourth-order valence-corrected chi connectivity index (χ4v) is 1.66. The standard InChI is InChI=1S/C13H21N/c1-4-10(2)12-6-5-11(3)13(9-12)7-8-14/h5-6,9-10H,4,7-8,14H2,1-3H3. The Bertz CT molecular complexity index is 291. The third-order valence-corrected chi connectivity index (χ3v) is 2.97. The van der Waals surface area contributed by atoms with Gasteiger partial charge in [0.1, 0.15) is 0 Å². The van der Waals surface area contributed by atoms with Gasteiger partial charge in [0.2, 0.25) is 0 Å². The van der Waals surface area contributed by atoms with Crippen molar-refractivity contribution in [3.05, 3.63) is 34.9 Å². The molecule has 2 N–H and O–H groups in total. The van der Waals surface area contributed by atoms with Crippen LogP contribution in [0.3, 0.4) is 0 Å². The molecule has 0 aliphatic rings. The second-order valence-corrected chi connectivity index (χ2v) is 4.03. The lowest BCUT2D eigenvalue weighted by Crippen LogP contribution is -2.05. The van der Waals surface area contributed by atoms with Crippen molar-refractivity contribution in [2.75, 3.05) is 6.54 Å². The van der Waals surface area contributed by atoms with Gasteiger partial charge in [-0.1, -0.05) is 32.0 Å². The molecule has 0 spiro atoms. The molecule has 0 radical (unpaired) electrons. The maximum Gasteiger partial charge on any atom is -0.00366 e. The molecule has 0 bridgehead atoms. The average Bonchev–Trinajstić information content (AvgIpc) is 2.20. The number of hydrogen-bond donors (Lipinski definition) is 1. The van der Waals surface area contributed by atoms with Crippen molar-refractivity contribution < 1.29 is 0 Å². The second kappa shape index (κ2) is 5.16. The Morgan fingerprint density at radius 1 is 1.36 bits per heavy atom. The van der Waals surface area contributed by atoms with Gasteiger partial charge in [0.05, 0.1) is 0 Å². The first kappa shape index (κ1) is 11.3. The van der Waals surface area contributed by atoms with E-state index in [1.807, 2.05) is 0 Å². The molecule has 1 aromatic rings. The Labute approximate surface area is 87.3 Å². The molecule has 78 valence electrons. The highest BCUT2D eigenvalue weighted by atomic mass is 14.5. The van der Waals surface area contributed by atoms with Crippen LogP contribution in [-0.2, 0) is 6.42 Å². The molecule has 14 heavy (non-hydrogen) atoms. The third-order valence-electron chi connectivity index (χ3n) is 2.97. The molecule has 0 saturated heterocycles. The van der Waals surface area contributed by atoms with Gasteiger partial charge in [-0.05, 0) is 48.9 Å². The Balaban J connectivity index is 2.93. The van der Waals surface area contributed by atoms with Crippen LogP contribution in [0.2, 0.25) is 0 Å². The lowest BCUT2D eigenvalue weighted by Gasteiger charge is -2.12. The molecule has 1 unspecified atom stereocenters. The summed E-state index contributed by atoms with van der Waals surface area (Å²) in [4.78, 5) is 0. The zero-order valence-electron chi connectivity index (χ0n) is 9.51. The Morgan fingerprint density at radius 2 is 2.07 bits per heavy atom. The lowest BCUT2D eigenvalue weighted by atomic mass is 9.94. The summed E-state index contributed by atoms with van der Waals surface area (Å²) in [5.74, 6) is 0.659. The maximum absolute atomic E-state index is 5.59.